The summed E-state index contributed by atoms with van der Waals surface area (Å²) < 4.78 is 25.2. The van der Waals surface area contributed by atoms with Crippen LogP contribution >= 0.6 is 0 Å². The number of hydrogen-bond donors (Lipinski definition) is 1. The zero-order chi connectivity index (χ0) is 11.3. The van der Waals surface area contributed by atoms with E-state index in [4.69, 9.17) is 0 Å². The van der Waals surface area contributed by atoms with Gasteiger partial charge in [0.15, 0.2) is 0 Å². The molecule has 2 aliphatic rings. The van der Waals surface area contributed by atoms with Gasteiger partial charge in [-0.25, -0.2) is 17.7 Å². The van der Waals surface area contributed by atoms with Gasteiger partial charge in [-0.05, 0) is 12.1 Å². The molecule has 1 aromatic rings. The van der Waals surface area contributed by atoms with E-state index in [9.17, 15) is 13.2 Å². The molecule has 6 nitrogen and oxygen atoms in total. The summed E-state index contributed by atoms with van der Waals surface area (Å²) in [6.45, 7) is -0.199. The summed E-state index contributed by atoms with van der Waals surface area (Å²) in [6.07, 6.45) is 0. The topological polar surface area (TPSA) is 78.8 Å². The molecular weight excluding hydrogens is 230 g/mol. The molecule has 1 aromatic carbocycles. The first-order valence-electron chi connectivity index (χ1n) is 4.59. The quantitative estimate of drug-likeness (QED) is 0.679. The third-order valence-electron chi connectivity index (χ3n) is 2.43. The molecule has 1 fully saturated rings. The summed E-state index contributed by atoms with van der Waals surface area (Å²) in [5, 5.41) is 2.41. The van der Waals surface area contributed by atoms with Gasteiger partial charge in [0.2, 0.25) is 11.9 Å². The fraction of sp³-hybridized carbons (Fsp3) is 0.111. The lowest BCUT2D eigenvalue weighted by molar-refractivity contribution is -0.118. The van der Waals surface area contributed by atoms with Gasteiger partial charge in [0.05, 0.1) is 5.69 Å². The Morgan fingerprint density at radius 1 is 1.31 bits per heavy atom. The van der Waals surface area contributed by atoms with Crippen LogP contribution in [0, 0.1) is 0 Å². The number of carbonyl (C=O) groups excluding carboxylic acids is 1. The van der Waals surface area contributed by atoms with Crippen LogP contribution in [0.4, 0.5) is 5.69 Å². The number of fused-ring (bicyclic) bond motifs is 2. The number of aliphatic imine (C=N–C) groups is 1. The van der Waals surface area contributed by atoms with Gasteiger partial charge >= 0.3 is 0 Å². The molecule has 0 unspecified atom stereocenters. The van der Waals surface area contributed by atoms with Crippen LogP contribution in [0.25, 0.3) is 0 Å². The Labute approximate surface area is 91.6 Å². The van der Waals surface area contributed by atoms with E-state index in [0.717, 1.165) is 4.31 Å². The van der Waals surface area contributed by atoms with Crippen molar-refractivity contribution in [1.82, 2.24) is 9.62 Å². The second-order valence-corrected chi connectivity index (χ2v) is 5.29. The van der Waals surface area contributed by atoms with Crippen LogP contribution in [0.3, 0.4) is 0 Å². The van der Waals surface area contributed by atoms with E-state index in [2.05, 4.69) is 10.3 Å². The highest BCUT2D eigenvalue weighted by Gasteiger charge is 2.40. The van der Waals surface area contributed by atoms with Gasteiger partial charge in [-0.3, -0.25) is 10.1 Å². The summed E-state index contributed by atoms with van der Waals surface area (Å²) in [7, 11) is -3.63. The molecule has 0 aliphatic carbocycles. The maximum absolute atomic E-state index is 12.1. The predicted octanol–water partition coefficient (Wildman–Crippen LogP) is -0.192. The molecule has 0 radical (unpaired) electrons. The molecule has 0 bridgehead atoms. The molecule has 82 valence electrons. The van der Waals surface area contributed by atoms with Crippen LogP contribution in [0.15, 0.2) is 34.2 Å². The second-order valence-electron chi connectivity index (χ2n) is 3.46. The largest absolute Gasteiger partial charge is 0.294 e. The molecular formula is C9H7N3O3S. The molecule has 7 heteroatoms. The SMILES string of the molecule is O=C1CN2C(=Nc3ccccc3S2(=O)=O)N1. The Hall–Kier alpha value is -1.89. The molecule has 0 aromatic heterocycles. The van der Waals surface area contributed by atoms with Crippen molar-refractivity contribution in [1.29, 1.82) is 0 Å². The maximum atomic E-state index is 12.1. The van der Waals surface area contributed by atoms with Gasteiger partial charge in [0.25, 0.3) is 10.0 Å². The second kappa shape index (κ2) is 2.82. The first kappa shape index (κ1) is 9.34. The van der Waals surface area contributed by atoms with Crippen LogP contribution in [0.1, 0.15) is 0 Å². The number of benzene rings is 1. The molecule has 2 aliphatic heterocycles. The number of nitrogens with one attached hydrogen (secondary N) is 1. The van der Waals surface area contributed by atoms with Crippen molar-refractivity contribution in [3.05, 3.63) is 24.3 Å². The third-order valence-corrected chi connectivity index (χ3v) is 4.22. The Morgan fingerprint density at radius 2 is 2.06 bits per heavy atom. The lowest BCUT2D eigenvalue weighted by atomic mass is 10.3. The molecule has 2 heterocycles. The molecule has 1 amide bonds. The van der Waals surface area contributed by atoms with Crippen molar-refractivity contribution in [3.8, 4) is 0 Å². The van der Waals surface area contributed by atoms with E-state index in [1.165, 1.54) is 6.07 Å². The number of para-hydroxylation sites is 1. The Kier molecular flexibility index (Phi) is 1.65. The first-order chi connectivity index (χ1) is 7.59. The maximum Gasteiger partial charge on any atom is 0.269 e. The van der Waals surface area contributed by atoms with Crippen LogP contribution in [-0.2, 0) is 14.8 Å². The Morgan fingerprint density at radius 3 is 2.88 bits per heavy atom. The minimum atomic E-state index is -3.63. The van der Waals surface area contributed by atoms with Crippen molar-refractivity contribution in [2.24, 2.45) is 4.99 Å². The van der Waals surface area contributed by atoms with E-state index in [1.807, 2.05) is 0 Å². The van der Waals surface area contributed by atoms with Gasteiger partial charge in [-0.1, -0.05) is 12.1 Å². The van der Waals surface area contributed by atoms with Crippen LogP contribution < -0.4 is 5.32 Å². The smallest absolute Gasteiger partial charge is 0.269 e. The molecule has 16 heavy (non-hydrogen) atoms. The lowest BCUT2D eigenvalue weighted by Gasteiger charge is -2.22. The summed E-state index contributed by atoms with van der Waals surface area (Å²) in [5.74, 6) is -0.279. The number of rotatable bonds is 0. The minimum Gasteiger partial charge on any atom is -0.294 e. The van der Waals surface area contributed by atoms with Crippen LogP contribution in [0.5, 0.6) is 0 Å². The normalized spacial score (nSPS) is 20.9. The average molecular weight is 237 g/mol. The molecule has 3 rings (SSSR count). The van der Waals surface area contributed by atoms with Gasteiger partial charge in [0, 0.05) is 0 Å². The number of amides is 1. The van der Waals surface area contributed by atoms with Crippen molar-refractivity contribution in [3.63, 3.8) is 0 Å². The number of sulfonamides is 1. The summed E-state index contributed by atoms with van der Waals surface area (Å²) in [5.41, 5.74) is 0.357. The fourth-order valence-corrected chi connectivity index (χ4v) is 3.18. The summed E-state index contributed by atoms with van der Waals surface area (Å²) in [6, 6.07) is 6.41. The van der Waals surface area contributed by atoms with Gasteiger partial charge in [-0.2, -0.15) is 0 Å². The predicted molar refractivity (Wildman–Crippen MR) is 55.6 cm³/mol. The third kappa shape index (κ3) is 1.09. The minimum absolute atomic E-state index is 0.0868. The Bertz CT molecular complexity index is 621. The highest BCUT2D eigenvalue weighted by atomic mass is 32.2. The number of nitrogens with zero attached hydrogens (tertiary/aromatic N) is 2. The van der Waals surface area contributed by atoms with Gasteiger partial charge in [0.1, 0.15) is 11.4 Å². The molecule has 0 saturated carbocycles. The highest BCUT2D eigenvalue weighted by molar-refractivity contribution is 7.90. The molecule has 0 atom stereocenters. The fourth-order valence-electron chi connectivity index (χ4n) is 1.71. The molecule has 1 saturated heterocycles. The lowest BCUT2D eigenvalue weighted by Crippen LogP contribution is -2.37. The summed E-state index contributed by atoms with van der Waals surface area (Å²) in [4.78, 5) is 15.4. The van der Waals surface area contributed by atoms with E-state index < -0.39 is 10.0 Å². The van der Waals surface area contributed by atoms with E-state index >= 15 is 0 Å². The van der Waals surface area contributed by atoms with Crippen LogP contribution in [0.2, 0.25) is 0 Å². The van der Waals surface area contributed by atoms with Crippen LogP contribution in [-0.4, -0.2) is 31.1 Å². The van der Waals surface area contributed by atoms with Gasteiger partial charge < -0.3 is 0 Å². The zero-order valence-electron chi connectivity index (χ0n) is 8.04. The first-order valence-corrected chi connectivity index (χ1v) is 6.03. The van der Waals surface area contributed by atoms with Crippen molar-refractivity contribution >= 4 is 27.6 Å². The van der Waals surface area contributed by atoms with Crippen molar-refractivity contribution in [2.75, 3.05) is 6.54 Å². The van der Waals surface area contributed by atoms with Crippen molar-refractivity contribution in [2.45, 2.75) is 4.90 Å². The summed E-state index contributed by atoms with van der Waals surface area (Å²) >= 11 is 0. The highest BCUT2D eigenvalue weighted by Crippen LogP contribution is 2.32. The number of carbonyl (C=O) groups is 1. The Balaban J connectivity index is 2.29. The van der Waals surface area contributed by atoms with Crippen molar-refractivity contribution < 1.29 is 13.2 Å². The van der Waals surface area contributed by atoms with E-state index in [0.29, 0.717) is 5.69 Å². The molecule has 0 spiro atoms. The van der Waals surface area contributed by atoms with Gasteiger partial charge in [-0.15, -0.1) is 0 Å². The number of hydrogen-bond acceptors (Lipinski definition) is 4. The average Bonchev–Trinajstić information content (AvgIpc) is 2.60. The van der Waals surface area contributed by atoms with E-state index in [1.54, 1.807) is 18.2 Å². The zero-order valence-corrected chi connectivity index (χ0v) is 8.86. The number of guanidine groups is 1. The standard InChI is InChI=1S/C9H7N3O3S/c13-8-5-12-9(11-8)10-6-3-1-2-4-7(6)16(12,14)15/h1-4H,5H2,(H,10,11,13). The monoisotopic (exact) mass is 237 g/mol. The van der Waals surface area contributed by atoms with E-state index in [-0.39, 0.29) is 23.3 Å². The molecule has 1 N–H and O–H groups in total.